The summed E-state index contributed by atoms with van der Waals surface area (Å²) < 4.78 is 13.5. The van der Waals surface area contributed by atoms with Gasteiger partial charge in [-0.15, -0.1) is 0 Å². The van der Waals surface area contributed by atoms with Crippen molar-refractivity contribution in [3.05, 3.63) is 35.1 Å². The highest BCUT2D eigenvalue weighted by Crippen LogP contribution is 2.15. The Labute approximate surface area is 110 Å². The number of hydrogen-bond donors (Lipinski definition) is 1. The van der Waals surface area contributed by atoms with Crippen LogP contribution in [0.2, 0.25) is 0 Å². The first-order valence-electron chi connectivity index (χ1n) is 5.98. The van der Waals surface area contributed by atoms with Crippen molar-refractivity contribution in [2.45, 2.75) is 13.0 Å². The van der Waals surface area contributed by atoms with Gasteiger partial charge in [0, 0.05) is 18.8 Å². The lowest BCUT2D eigenvalue weighted by atomic mass is 10.1. The summed E-state index contributed by atoms with van der Waals surface area (Å²) in [7, 11) is 0. The molecule has 1 saturated heterocycles. The van der Waals surface area contributed by atoms with E-state index >= 15 is 0 Å². The molecule has 1 aliphatic rings. The summed E-state index contributed by atoms with van der Waals surface area (Å²) in [5, 5.41) is 8.76. The van der Waals surface area contributed by atoms with Gasteiger partial charge in [-0.05, 0) is 36.4 Å². The summed E-state index contributed by atoms with van der Waals surface area (Å²) in [6.07, 6.45) is 1.15. The van der Waals surface area contributed by atoms with Crippen molar-refractivity contribution in [2.75, 3.05) is 24.6 Å². The van der Waals surface area contributed by atoms with E-state index in [4.69, 9.17) is 5.11 Å². The van der Waals surface area contributed by atoms with Gasteiger partial charge in [-0.25, -0.2) is 9.18 Å². The third kappa shape index (κ3) is 3.46. The van der Waals surface area contributed by atoms with Crippen molar-refractivity contribution in [1.82, 2.24) is 4.90 Å². The summed E-state index contributed by atoms with van der Waals surface area (Å²) >= 11 is 1.95. The first-order valence-corrected chi connectivity index (χ1v) is 7.14. The molecule has 5 heteroatoms. The Morgan fingerprint density at radius 2 is 2.22 bits per heavy atom. The van der Waals surface area contributed by atoms with Gasteiger partial charge >= 0.3 is 5.97 Å². The monoisotopic (exact) mass is 269 g/mol. The zero-order chi connectivity index (χ0) is 13.0. The highest BCUT2D eigenvalue weighted by molar-refractivity contribution is 7.99. The molecule has 1 aromatic rings. The van der Waals surface area contributed by atoms with Crippen LogP contribution in [0.15, 0.2) is 18.2 Å². The van der Waals surface area contributed by atoms with E-state index in [1.807, 2.05) is 11.8 Å². The lowest BCUT2D eigenvalue weighted by Gasteiger charge is -2.19. The Morgan fingerprint density at radius 1 is 1.39 bits per heavy atom. The molecule has 0 unspecified atom stereocenters. The molecule has 1 aromatic carbocycles. The summed E-state index contributed by atoms with van der Waals surface area (Å²) in [6.45, 7) is 2.72. The highest BCUT2D eigenvalue weighted by Gasteiger charge is 2.13. The molecule has 0 bridgehead atoms. The zero-order valence-electron chi connectivity index (χ0n) is 10.1. The van der Waals surface area contributed by atoms with Gasteiger partial charge in [-0.3, -0.25) is 4.90 Å². The van der Waals surface area contributed by atoms with E-state index in [9.17, 15) is 9.18 Å². The number of benzene rings is 1. The van der Waals surface area contributed by atoms with E-state index in [0.717, 1.165) is 30.8 Å². The molecule has 0 aliphatic carbocycles. The van der Waals surface area contributed by atoms with Crippen LogP contribution in [0.4, 0.5) is 4.39 Å². The number of carboxylic acids is 1. The minimum Gasteiger partial charge on any atom is -0.478 e. The average Bonchev–Trinajstić information content (AvgIpc) is 2.57. The van der Waals surface area contributed by atoms with Gasteiger partial charge in [-0.1, -0.05) is 6.07 Å². The van der Waals surface area contributed by atoms with Crippen molar-refractivity contribution in [2.24, 2.45) is 0 Å². The molecule has 1 fully saturated rings. The van der Waals surface area contributed by atoms with E-state index in [-0.39, 0.29) is 5.56 Å². The Bertz CT molecular complexity index is 431. The third-order valence-electron chi connectivity index (χ3n) is 2.98. The van der Waals surface area contributed by atoms with Gasteiger partial charge in [0.05, 0.1) is 5.56 Å². The molecule has 0 aromatic heterocycles. The van der Waals surface area contributed by atoms with Crippen molar-refractivity contribution in [1.29, 1.82) is 0 Å². The second-order valence-electron chi connectivity index (χ2n) is 4.36. The summed E-state index contributed by atoms with van der Waals surface area (Å²) in [4.78, 5) is 13.0. The maximum atomic E-state index is 13.5. The van der Waals surface area contributed by atoms with Crippen LogP contribution in [0.25, 0.3) is 0 Å². The Hall–Kier alpha value is -1.07. The number of rotatable bonds is 3. The molecule has 3 nitrogen and oxygen atoms in total. The van der Waals surface area contributed by atoms with E-state index < -0.39 is 11.8 Å². The first-order chi connectivity index (χ1) is 8.66. The third-order valence-corrected chi connectivity index (χ3v) is 4.03. The molecule has 2 rings (SSSR count). The van der Waals surface area contributed by atoms with Gasteiger partial charge in [-0.2, -0.15) is 11.8 Å². The Balaban J connectivity index is 2.05. The van der Waals surface area contributed by atoms with Gasteiger partial charge in [0.1, 0.15) is 5.82 Å². The molecular formula is C13H16FNO2S. The van der Waals surface area contributed by atoms with Crippen molar-refractivity contribution in [3.8, 4) is 0 Å². The molecule has 0 atom stereocenters. The Kier molecular flexibility index (Phi) is 4.60. The fraction of sp³-hybridized carbons (Fsp3) is 0.462. The molecule has 0 radical (unpaired) electrons. The summed E-state index contributed by atoms with van der Waals surface area (Å²) in [5.74, 6) is 0.424. The number of aromatic carboxylic acids is 1. The number of nitrogens with zero attached hydrogens (tertiary/aromatic N) is 1. The van der Waals surface area contributed by atoms with Crippen molar-refractivity contribution >= 4 is 17.7 Å². The van der Waals surface area contributed by atoms with Crippen LogP contribution in [0, 0.1) is 5.82 Å². The minimum atomic E-state index is -1.22. The SMILES string of the molecule is O=C(O)c1ccc(CN2CCCSCC2)cc1F. The van der Waals surface area contributed by atoms with E-state index in [0.29, 0.717) is 6.54 Å². The first kappa shape index (κ1) is 13.4. The predicted octanol–water partition coefficient (Wildman–Crippen LogP) is 2.46. The predicted molar refractivity (Wildman–Crippen MR) is 70.6 cm³/mol. The van der Waals surface area contributed by atoms with Crippen LogP contribution >= 0.6 is 11.8 Å². The van der Waals surface area contributed by atoms with Gasteiger partial charge in [0.2, 0.25) is 0 Å². The minimum absolute atomic E-state index is 0.259. The van der Waals surface area contributed by atoms with E-state index in [2.05, 4.69) is 4.90 Å². The number of carbonyl (C=O) groups is 1. The maximum absolute atomic E-state index is 13.5. The fourth-order valence-electron chi connectivity index (χ4n) is 2.04. The maximum Gasteiger partial charge on any atom is 0.338 e. The number of carboxylic acid groups (broad SMARTS) is 1. The average molecular weight is 269 g/mol. The van der Waals surface area contributed by atoms with Gasteiger partial charge in [0.15, 0.2) is 0 Å². The summed E-state index contributed by atoms with van der Waals surface area (Å²) in [5.41, 5.74) is 0.578. The molecule has 18 heavy (non-hydrogen) atoms. The topological polar surface area (TPSA) is 40.5 Å². The fourth-order valence-corrected chi connectivity index (χ4v) is 2.97. The van der Waals surface area contributed by atoms with E-state index in [1.165, 1.54) is 17.9 Å². The van der Waals surface area contributed by atoms with Gasteiger partial charge < -0.3 is 5.11 Å². The van der Waals surface area contributed by atoms with Gasteiger partial charge in [0.25, 0.3) is 0 Å². The zero-order valence-corrected chi connectivity index (χ0v) is 10.9. The Morgan fingerprint density at radius 3 is 2.94 bits per heavy atom. The van der Waals surface area contributed by atoms with Crippen LogP contribution in [0.1, 0.15) is 22.3 Å². The lowest BCUT2D eigenvalue weighted by molar-refractivity contribution is 0.0692. The van der Waals surface area contributed by atoms with Crippen molar-refractivity contribution < 1.29 is 14.3 Å². The molecular weight excluding hydrogens is 253 g/mol. The highest BCUT2D eigenvalue weighted by atomic mass is 32.2. The summed E-state index contributed by atoms with van der Waals surface area (Å²) in [6, 6.07) is 4.38. The van der Waals surface area contributed by atoms with Crippen LogP contribution < -0.4 is 0 Å². The van der Waals surface area contributed by atoms with Crippen molar-refractivity contribution in [3.63, 3.8) is 0 Å². The molecule has 1 aliphatic heterocycles. The lowest BCUT2D eigenvalue weighted by Crippen LogP contribution is -2.25. The van der Waals surface area contributed by atoms with Crippen LogP contribution in [-0.4, -0.2) is 40.6 Å². The number of hydrogen-bond acceptors (Lipinski definition) is 3. The second-order valence-corrected chi connectivity index (χ2v) is 5.59. The molecule has 1 heterocycles. The quantitative estimate of drug-likeness (QED) is 0.915. The standard InChI is InChI=1S/C13H16FNO2S/c14-12-8-10(2-3-11(12)13(16)17)9-15-4-1-6-18-7-5-15/h2-3,8H,1,4-7,9H2,(H,16,17). The normalized spacial score (nSPS) is 17.4. The van der Waals surface area contributed by atoms with Crippen LogP contribution in [-0.2, 0) is 6.54 Å². The smallest absolute Gasteiger partial charge is 0.338 e. The molecule has 0 spiro atoms. The number of thioether (sulfide) groups is 1. The van der Waals surface area contributed by atoms with Crippen LogP contribution in [0.5, 0.6) is 0 Å². The molecule has 0 amide bonds. The molecule has 1 N–H and O–H groups in total. The largest absolute Gasteiger partial charge is 0.478 e. The van der Waals surface area contributed by atoms with Crippen LogP contribution in [0.3, 0.4) is 0 Å². The second kappa shape index (κ2) is 6.20. The van der Waals surface area contributed by atoms with E-state index in [1.54, 1.807) is 6.07 Å². The molecule has 0 saturated carbocycles. The molecule has 98 valence electrons. The number of halogens is 1.